The van der Waals surface area contributed by atoms with E-state index in [0.29, 0.717) is 17.9 Å². The highest BCUT2D eigenvalue weighted by Gasteiger charge is 2.14. The lowest BCUT2D eigenvalue weighted by Crippen LogP contribution is -2.26. The zero-order valence-corrected chi connectivity index (χ0v) is 10.6. The van der Waals surface area contributed by atoms with Gasteiger partial charge in [0.1, 0.15) is 17.4 Å². The number of aryl methyl sites for hydroxylation is 1. The number of fused-ring (bicyclic) bond motifs is 1. The summed E-state index contributed by atoms with van der Waals surface area (Å²) in [5.74, 6) is 1.39. The van der Waals surface area contributed by atoms with Crippen molar-refractivity contribution in [2.24, 2.45) is 0 Å². The molecule has 2 aromatic rings. The summed E-state index contributed by atoms with van der Waals surface area (Å²) in [7, 11) is 3.88. The van der Waals surface area contributed by atoms with Crippen LogP contribution in [0.25, 0.3) is 11.0 Å². The van der Waals surface area contributed by atoms with Crippen LogP contribution in [0.5, 0.6) is 0 Å². The first-order valence-electron chi connectivity index (χ1n) is 5.33. The Kier molecular flexibility index (Phi) is 3.21. The molecular weight excluding hydrogens is 236 g/mol. The van der Waals surface area contributed by atoms with Crippen molar-refractivity contribution in [2.45, 2.75) is 6.42 Å². The summed E-state index contributed by atoms with van der Waals surface area (Å²) in [6.07, 6.45) is 0.680. The van der Waals surface area contributed by atoms with E-state index in [1.54, 1.807) is 6.07 Å². The van der Waals surface area contributed by atoms with Crippen molar-refractivity contribution in [1.29, 1.82) is 5.26 Å². The largest absolute Gasteiger partial charge is 0.317 e. The Hall–Kier alpha value is -1.73. The highest BCUT2D eigenvalue weighted by atomic mass is 35.5. The normalized spacial score (nSPS) is 10.5. The smallest absolute Gasteiger partial charge is 0.130 e. The summed E-state index contributed by atoms with van der Waals surface area (Å²) in [6, 6.07) is 7.77. The Morgan fingerprint density at radius 2 is 2.24 bits per heavy atom. The van der Waals surface area contributed by atoms with Crippen LogP contribution >= 0.6 is 11.6 Å². The van der Waals surface area contributed by atoms with Gasteiger partial charge in [-0.2, -0.15) is 5.26 Å². The number of benzene rings is 1. The fraction of sp³-hybridized carbons (Fsp3) is 0.333. The maximum atomic E-state index is 9.07. The van der Waals surface area contributed by atoms with Crippen molar-refractivity contribution in [3.63, 3.8) is 0 Å². The van der Waals surface area contributed by atoms with Crippen LogP contribution in [0.1, 0.15) is 11.4 Å². The van der Waals surface area contributed by atoms with Crippen LogP contribution in [-0.2, 0) is 6.42 Å². The molecule has 1 aromatic carbocycles. The topological polar surface area (TPSA) is 44.9 Å². The minimum Gasteiger partial charge on any atom is -0.317 e. The molecule has 1 heterocycles. The lowest BCUT2D eigenvalue weighted by Gasteiger charge is -2.17. The Balaban J connectivity index is 2.75. The van der Waals surface area contributed by atoms with Crippen LogP contribution < -0.4 is 5.01 Å². The van der Waals surface area contributed by atoms with Gasteiger partial charge >= 0.3 is 0 Å². The minimum absolute atomic E-state index is 0.513. The highest BCUT2D eigenvalue weighted by Crippen LogP contribution is 2.20. The van der Waals surface area contributed by atoms with E-state index in [4.69, 9.17) is 16.9 Å². The number of hydrogen-bond donors (Lipinski definition) is 0. The molecule has 4 nitrogen and oxygen atoms in total. The summed E-state index contributed by atoms with van der Waals surface area (Å²) in [5.41, 5.74) is 2.27. The number of nitrogens with zero attached hydrogens (tertiary/aromatic N) is 4. The average Bonchev–Trinajstić information content (AvgIpc) is 2.67. The van der Waals surface area contributed by atoms with Gasteiger partial charge in [0.15, 0.2) is 0 Å². The van der Waals surface area contributed by atoms with Gasteiger partial charge in [0.2, 0.25) is 0 Å². The fourth-order valence-electron chi connectivity index (χ4n) is 1.92. The van der Waals surface area contributed by atoms with Gasteiger partial charge < -0.3 is 5.01 Å². The number of alkyl halides is 1. The van der Waals surface area contributed by atoms with Crippen molar-refractivity contribution in [2.75, 3.05) is 25.0 Å². The Morgan fingerprint density at radius 3 is 2.82 bits per heavy atom. The zero-order chi connectivity index (χ0) is 12.4. The summed E-state index contributed by atoms with van der Waals surface area (Å²) >= 11 is 5.78. The van der Waals surface area contributed by atoms with Crippen LogP contribution in [0.4, 0.5) is 0 Å². The Bertz CT molecular complexity index is 580. The molecule has 17 heavy (non-hydrogen) atoms. The predicted molar refractivity (Wildman–Crippen MR) is 68.9 cm³/mol. The second-order valence-corrected chi connectivity index (χ2v) is 4.29. The third-order valence-corrected chi connectivity index (χ3v) is 2.76. The second-order valence-electron chi connectivity index (χ2n) is 3.91. The van der Waals surface area contributed by atoms with Gasteiger partial charge in [-0.3, -0.25) is 0 Å². The molecule has 0 fully saturated rings. The third kappa shape index (κ3) is 1.94. The van der Waals surface area contributed by atoms with E-state index in [1.807, 2.05) is 35.9 Å². The van der Waals surface area contributed by atoms with Crippen molar-refractivity contribution < 1.29 is 0 Å². The molecule has 0 radical (unpaired) electrons. The average molecular weight is 249 g/mol. The predicted octanol–water partition coefficient (Wildman–Crippen LogP) is 1.89. The number of imidazole rings is 1. The molecule has 0 atom stereocenters. The van der Waals surface area contributed by atoms with E-state index in [9.17, 15) is 0 Å². The molecule has 0 aliphatic carbocycles. The first-order chi connectivity index (χ1) is 8.19. The number of aromatic nitrogens is 2. The molecule has 0 amide bonds. The third-order valence-electron chi connectivity index (χ3n) is 2.57. The van der Waals surface area contributed by atoms with Crippen molar-refractivity contribution in [3.8, 4) is 6.07 Å². The molecule has 0 saturated heterocycles. The van der Waals surface area contributed by atoms with Crippen LogP contribution in [0, 0.1) is 11.3 Å². The quantitative estimate of drug-likeness (QED) is 0.780. The standard InChI is InChI=1S/C12H13ClN4/c1-16(2)17-10-5-3-4-9(8-14)12(10)15-11(17)6-7-13/h3-5H,6-7H2,1-2H3. The fourth-order valence-corrected chi connectivity index (χ4v) is 2.09. The van der Waals surface area contributed by atoms with Crippen LogP contribution in [0.3, 0.4) is 0 Å². The first-order valence-corrected chi connectivity index (χ1v) is 5.86. The Morgan fingerprint density at radius 1 is 1.47 bits per heavy atom. The van der Waals surface area contributed by atoms with Crippen molar-refractivity contribution in [1.82, 2.24) is 9.66 Å². The molecule has 0 aliphatic heterocycles. The lowest BCUT2D eigenvalue weighted by atomic mass is 10.2. The first kappa shape index (κ1) is 11.7. The number of halogens is 1. The van der Waals surface area contributed by atoms with Gasteiger partial charge in [-0.1, -0.05) is 6.07 Å². The molecule has 0 unspecified atom stereocenters. The summed E-state index contributed by atoms with van der Waals surface area (Å²) in [5, 5.41) is 11.0. The molecule has 0 saturated carbocycles. The molecule has 0 aliphatic rings. The van der Waals surface area contributed by atoms with E-state index < -0.39 is 0 Å². The van der Waals surface area contributed by atoms with E-state index in [2.05, 4.69) is 11.1 Å². The van der Waals surface area contributed by atoms with Gasteiger partial charge in [0.05, 0.1) is 11.1 Å². The minimum atomic E-state index is 0.513. The molecule has 0 bridgehead atoms. The number of nitriles is 1. The van der Waals surface area contributed by atoms with Gasteiger partial charge in [-0.15, -0.1) is 11.6 Å². The summed E-state index contributed by atoms with van der Waals surface area (Å²) in [6.45, 7) is 0. The monoisotopic (exact) mass is 248 g/mol. The molecule has 0 N–H and O–H groups in total. The number of rotatable bonds is 3. The maximum Gasteiger partial charge on any atom is 0.130 e. The molecular formula is C12H13ClN4. The molecule has 88 valence electrons. The van der Waals surface area contributed by atoms with Gasteiger partial charge in [0, 0.05) is 26.4 Å². The zero-order valence-electron chi connectivity index (χ0n) is 9.81. The van der Waals surface area contributed by atoms with Crippen LogP contribution in [-0.4, -0.2) is 29.6 Å². The van der Waals surface area contributed by atoms with Gasteiger partial charge in [-0.25, -0.2) is 9.66 Å². The summed E-state index contributed by atoms with van der Waals surface area (Å²) in [4.78, 5) is 4.51. The van der Waals surface area contributed by atoms with E-state index in [0.717, 1.165) is 16.9 Å². The van der Waals surface area contributed by atoms with Crippen molar-refractivity contribution in [3.05, 3.63) is 29.6 Å². The highest BCUT2D eigenvalue weighted by molar-refractivity contribution is 6.17. The van der Waals surface area contributed by atoms with Gasteiger partial charge in [-0.05, 0) is 12.1 Å². The molecule has 1 aromatic heterocycles. The Labute approximate surface area is 105 Å². The van der Waals surface area contributed by atoms with Crippen LogP contribution in [0.15, 0.2) is 18.2 Å². The second kappa shape index (κ2) is 4.64. The molecule has 2 rings (SSSR count). The molecule has 5 heteroatoms. The van der Waals surface area contributed by atoms with E-state index in [1.165, 1.54) is 0 Å². The number of para-hydroxylation sites is 1. The lowest BCUT2D eigenvalue weighted by molar-refractivity contribution is 0.703. The van der Waals surface area contributed by atoms with Gasteiger partial charge in [0.25, 0.3) is 0 Å². The van der Waals surface area contributed by atoms with E-state index >= 15 is 0 Å². The number of hydrogen-bond acceptors (Lipinski definition) is 3. The van der Waals surface area contributed by atoms with Crippen LogP contribution in [0.2, 0.25) is 0 Å². The molecule has 0 spiro atoms. The van der Waals surface area contributed by atoms with E-state index in [-0.39, 0.29) is 0 Å². The maximum absolute atomic E-state index is 9.07. The van der Waals surface area contributed by atoms with Crippen molar-refractivity contribution >= 4 is 22.6 Å². The SMILES string of the molecule is CN(C)n1c(CCCl)nc2c(C#N)cccc21. The summed E-state index contributed by atoms with van der Waals surface area (Å²) < 4.78 is 1.98.